The molecule has 0 aromatic heterocycles. The summed E-state index contributed by atoms with van der Waals surface area (Å²) in [6.07, 6.45) is 2.86. The Morgan fingerprint density at radius 2 is 1.28 bits per heavy atom. The van der Waals surface area contributed by atoms with Crippen LogP contribution in [0.1, 0.15) is 88.7 Å². The Morgan fingerprint density at radius 3 is 1.82 bits per heavy atom. The number of anilines is 3. The van der Waals surface area contributed by atoms with Gasteiger partial charge < -0.3 is 35.3 Å². The number of carboxylic acids is 2. The number of carboxylic acid groups (broad SMARTS) is 2. The average molecular weight is 813 g/mol. The summed E-state index contributed by atoms with van der Waals surface area (Å²) in [7, 11) is -4.02. The predicted molar refractivity (Wildman–Crippen MR) is 207 cm³/mol. The van der Waals surface area contributed by atoms with E-state index in [4.69, 9.17) is 0 Å². The quantitative estimate of drug-likeness (QED) is 0.128. The van der Waals surface area contributed by atoms with Gasteiger partial charge in [-0.05, 0) is 124 Å². The molecule has 12 nitrogen and oxygen atoms in total. The smallest absolute Gasteiger partial charge is 0.550 e. The van der Waals surface area contributed by atoms with Crippen molar-refractivity contribution in [1.29, 1.82) is 0 Å². The second kappa shape index (κ2) is 22.0. The molecule has 57 heavy (non-hydrogen) atoms. The van der Waals surface area contributed by atoms with Crippen molar-refractivity contribution in [2.45, 2.75) is 70.2 Å². The largest absolute Gasteiger partial charge is 1.00 e. The zero-order chi connectivity index (χ0) is 39.7. The minimum atomic E-state index is -4.02. The zero-order valence-electron chi connectivity index (χ0n) is 33.2. The number of nitrogens with zero attached hydrogens (tertiary/aromatic N) is 2. The van der Waals surface area contributed by atoms with Crippen LogP contribution in [0.3, 0.4) is 0 Å². The van der Waals surface area contributed by atoms with Crippen LogP contribution in [0.4, 0.5) is 17.1 Å². The molecular formula is C42H46N4Na2O8S. The van der Waals surface area contributed by atoms with Crippen LogP contribution in [0, 0.1) is 5.92 Å². The van der Waals surface area contributed by atoms with Crippen LogP contribution >= 0.6 is 0 Å². The summed E-state index contributed by atoms with van der Waals surface area (Å²) in [6.45, 7) is 7.31. The molecule has 290 valence electrons. The van der Waals surface area contributed by atoms with E-state index in [1.165, 1.54) is 40.7 Å². The van der Waals surface area contributed by atoms with Crippen molar-refractivity contribution in [3.05, 3.63) is 119 Å². The Morgan fingerprint density at radius 1 is 0.684 bits per heavy atom. The molecule has 0 aliphatic heterocycles. The van der Waals surface area contributed by atoms with E-state index in [0.29, 0.717) is 57.3 Å². The first-order chi connectivity index (χ1) is 26.3. The van der Waals surface area contributed by atoms with Gasteiger partial charge in [-0.3, -0.25) is 9.59 Å². The molecule has 0 unspecified atom stereocenters. The molecule has 2 N–H and O–H groups in total. The standard InChI is InChI=1S/C42H48N4O8S.2Na/c1-4-45(5-2)35-24-25-38(37(27-35)40(48)43-33-20-14-29(15-21-33)11-10-28-12-16-30(17-13-28)41(49)50)44-39(47)32-8-7-9-36(26-32)55(53,54)46(6-3)34-22-18-31(19-23-34)42(51)52;;/h7-9,12-17,20-21,24-27,31,34H,4-6,10-11,18-19,22-23H2,1-3H3,(H,43,48)(H,44,47)(H,49,50)(H,51,52);;/q;2*+1/p-2. The number of rotatable bonds is 16. The fourth-order valence-electron chi connectivity index (χ4n) is 7.02. The molecule has 0 radical (unpaired) electrons. The molecule has 1 aliphatic carbocycles. The second-order valence-corrected chi connectivity index (χ2v) is 15.4. The number of aryl methyl sites for hydroxylation is 2. The molecule has 2 amide bonds. The van der Waals surface area contributed by atoms with E-state index < -0.39 is 39.7 Å². The Hall–Kier alpha value is -3.53. The third-order valence-electron chi connectivity index (χ3n) is 10.2. The number of amides is 2. The second-order valence-electron chi connectivity index (χ2n) is 13.6. The van der Waals surface area contributed by atoms with Gasteiger partial charge in [0.1, 0.15) is 0 Å². The first-order valence-corrected chi connectivity index (χ1v) is 20.0. The number of hydrogen-bond acceptors (Lipinski definition) is 9. The summed E-state index contributed by atoms with van der Waals surface area (Å²) in [5.41, 5.74) is 4.01. The first kappa shape index (κ1) is 47.8. The molecule has 0 heterocycles. The van der Waals surface area contributed by atoms with E-state index in [1.807, 2.05) is 32.0 Å². The van der Waals surface area contributed by atoms with Gasteiger partial charge in [-0.15, -0.1) is 0 Å². The van der Waals surface area contributed by atoms with Crippen LogP contribution in [0.5, 0.6) is 0 Å². The number of aromatic carboxylic acids is 1. The minimum absolute atomic E-state index is 0. The number of hydrogen-bond donors (Lipinski definition) is 2. The van der Waals surface area contributed by atoms with Gasteiger partial charge in [0.2, 0.25) is 10.0 Å². The van der Waals surface area contributed by atoms with Crippen molar-refractivity contribution in [2.75, 3.05) is 35.2 Å². The molecule has 0 saturated heterocycles. The third kappa shape index (κ3) is 12.2. The molecule has 0 bridgehead atoms. The van der Waals surface area contributed by atoms with Gasteiger partial charge in [-0.25, -0.2) is 8.42 Å². The number of carbonyl (C=O) groups excluding carboxylic acids is 4. The van der Waals surface area contributed by atoms with Gasteiger partial charge in [0, 0.05) is 48.6 Å². The number of nitrogens with one attached hydrogen (secondary N) is 2. The van der Waals surface area contributed by atoms with Crippen LogP contribution in [0.15, 0.2) is 95.9 Å². The molecule has 1 fully saturated rings. The van der Waals surface area contributed by atoms with Crippen LogP contribution in [0.2, 0.25) is 0 Å². The van der Waals surface area contributed by atoms with Crippen molar-refractivity contribution < 1.29 is 96.9 Å². The van der Waals surface area contributed by atoms with Gasteiger partial charge in [-0.1, -0.05) is 49.4 Å². The van der Waals surface area contributed by atoms with E-state index in [1.54, 1.807) is 43.3 Å². The zero-order valence-corrected chi connectivity index (χ0v) is 38.1. The van der Waals surface area contributed by atoms with Crippen molar-refractivity contribution >= 4 is 50.8 Å². The maximum absolute atomic E-state index is 13.8. The number of carbonyl (C=O) groups is 4. The molecule has 4 aromatic rings. The van der Waals surface area contributed by atoms with Crippen molar-refractivity contribution in [3.8, 4) is 0 Å². The summed E-state index contributed by atoms with van der Waals surface area (Å²) in [4.78, 5) is 51.9. The Kier molecular flexibility index (Phi) is 18.5. The Labute approximate surface area is 379 Å². The van der Waals surface area contributed by atoms with Crippen molar-refractivity contribution in [3.63, 3.8) is 0 Å². The number of sulfonamides is 1. The molecule has 4 aromatic carbocycles. The fourth-order valence-corrected chi connectivity index (χ4v) is 8.76. The van der Waals surface area contributed by atoms with E-state index >= 15 is 0 Å². The van der Waals surface area contributed by atoms with Gasteiger partial charge >= 0.3 is 59.1 Å². The molecule has 5 rings (SSSR count). The topological polar surface area (TPSA) is 179 Å². The summed E-state index contributed by atoms with van der Waals surface area (Å²) in [6, 6.07) is 24.5. The van der Waals surface area contributed by atoms with E-state index in [2.05, 4.69) is 15.5 Å². The van der Waals surface area contributed by atoms with E-state index in [0.717, 1.165) is 16.8 Å². The number of aliphatic carboxylic acids is 1. The van der Waals surface area contributed by atoms with Crippen LogP contribution in [-0.4, -0.2) is 62.2 Å². The summed E-state index contributed by atoms with van der Waals surface area (Å²) in [5.74, 6) is -3.97. The summed E-state index contributed by atoms with van der Waals surface area (Å²) < 4.78 is 29.0. The van der Waals surface area contributed by atoms with Crippen LogP contribution in [-0.2, 0) is 27.7 Å². The molecule has 0 spiro atoms. The molecular weight excluding hydrogens is 767 g/mol. The first-order valence-electron chi connectivity index (χ1n) is 18.6. The van der Waals surface area contributed by atoms with Crippen molar-refractivity contribution in [1.82, 2.24) is 4.31 Å². The van der Waals surface area contributed by atoms with Crippen LogP contribution < -0.4 is 84.9 Å². The maximum Gasteiger partial charge on any atom is 1.00 e. The molecule has 1 saturated carbocycles. The average Bonchev–Trinajstić information content (AvgIpc) is 3.19. The van der Waals surface area contributed by atoms with Crippen LogP contribution in [0.25, 0.3) is 0 Å². The van der Waals surface area contributed by atoms with E-state index in [-0.39, 0.29) is 99.0 Å². The fraction of sp³-hybridized carbons (Fsp3) is 0.333. The predicted octanol–water partition coefficient (Wildman–Crippen LogP) is -1.49. The SMILES string of the molecule is CCN(CC)c1ccc(NC(=O)c2cccc(S(=O)(=O)N(CC)C3CCC(C(=O)[O-])CC3)c2)c(C(=O)Nc2ccc(CCc3ccc(C(=O)[O-])cc3)cc2)c1.[Na+].[Na+]. The summed E-state index contributed by atoms with van der Waals surface area (Å²) in [5, 5.41) is 28.1. The van der Waals surface area contributed by atoms with Gasteiger partial charge in [0.15, 0.2) is 0 Å². The van der Waals surface area contributed by atoms with Gasteiger partial charge in [0.05, 0.1) is 22.1 Å². The maximum atomic E-state index is 13.8. The molecule has 0 atom stereocenters. The Balaban J connectivity index is 0.00000435. The molecule has 15 heteroatoms. The molecule has 1 aliphatic rings. The Bertz CT molecular complexity index is 2120. The summed E-state index contributed by atoms with van der Waals surface area (Å²) >= 11 is 0. The number of benzene rings is 4. The monoisotopic (exact) mass is 812 g/mol. The normalized spacial score (nSPS) is 15.1. The van der Waals surface area contributed by atoms with Gasteiger partial charge in [0.25, 0.3) is 11.8 Å². The van der Waals surface area contributed by atoms with E-state index in [9.17, 15) is 37.8 Å². The third-order valence-corrected chi connectivity index (χ3v) is 12.2. The minimum Gasteiger partial charge on any atom is -0.550 e. The van der Waals surface area contributed by atoms with Crippen molar-refractivity contribution in [2.24, 2.45) is 5.92 Å². The van der Waals surface area contributed by atoms with Gasteiger partial charge in [-0.2, -0.15) is 4.31 Å².